The minimum absolute atomic E-state index is 0.0135. The first kappa shape index (κ1) is 20.7. The lowest BCUT2D eigenvalue weighted by molar-refractivity contribution is -0.139. The van der Waals surface area contributed by atoms with Gasteiger partial charge in [0.05, 0.1) is 5.56 Å². The van der Waals surface area contributed by atoms with Gasteiger partial charge in [0.15, 0.2) is 6.61 Å². The summed E-state index contributed by atoms with van der Waals surface area (Å²) in [6.45, 7) is 5.76. The number of hydrogen-bond donors (Lipinski definition) is 0. The Morgan fingerprint density at radius 2 is 1.86 bits per heavy atom. The van der Waals surface area contributed by atoms with Gasteiger partial charge in [-0.05, 0) is 43.7 Å². The second-order valence-electron chi connectivity index (χ2n) is 7.34. The van der Waals surface area contributed by atoms with Crippen LogP contribution in [0, 0.1) is 23.0 Å². The predicted octanol–water partition coefficient (Wildman–Crippen LogP) is 3.34. The Morgan fingerprint density at radius 1 is 1.14 bits per heavy atom. The van der Waals surface area contributed by atoms with Crippen LogP contribution in [0.4, 0.5) is 8.78 Å². The third kappa shape index (κ3) is 5.09. The maximum Gasteiger partial charge on any atom is 0.260 e. The normalized spacial score (nSPS) is 19.6. The SMILES string of the molecule is C[C@@H]1CN(C(=O)COc2ccc(C#N)c(F)c2)[C@@H](C)CN1Cc1ccc(F)cc1. The van der Waals surface area contributed by atoms with Crippen molar-refractivity contribution in [1.29, 1.82) is 5.26 Å². The van der Waals surface area contributed by atoms with Crippen molar-refractivity contribution in [3.63, 3.8) is 0 Å². The Hall–Kier alpha value is -2.98. The van der Waals surface area contributed by atoms with Crippen molar-refractivity contribution >= 4 is 5.91 Å². The molecule has 7 heteroatoms. The number of nitriles is 1. The first-order valence-corrected chi connectivity index (χ1v) is 9.47. The van der Waals surface area contributed by atoms with E-state index in [4.69, 9.17) is 10.00 Å². The van der Waals surface area contributed by atoms with E-state index < -0.39 is 5.82 Å². The van der Waals surface area contributed by atoms with Crippen LogP contribution in [0.1, 0.15) is 25.0 Å². The Balaban J connectivity index is 1.56. The Labute approximate surface area is 169 Å². The van der Waals surface area contributed by atoms with Crippen molar-refractivity contribution in [3.8, 4) is 11.8 Å². The molecule has 2 atom stereocenters. The van der Waals surface area contributed by atoms with Gasteiger partial charge in [0, 0.05) is 37.8 Å². The van der Waals surface area contributed by atoms with Gasteiger partial charge < -0.3 is 9.64 Å². The summed E-state index contributed by atoms with van der Waals surface area (Å²) in [5, 5.41) is 8.77. The summed E-state index contributed by atoms with van der Waals surface area (Å²) >= 11 is 0. The van der Waals surface area contributed by atoms with Crippen LogP contribution in [0.25, 0.3) is 0 Å². The number of hydrogen-bond acceptors (Lipinski definition) is 4. The average Bonchev–Trinajstić information content (AvgIpc) is 2.70. The number of piperazine rings is 1. The van der Waals surface area contributed by atoms with Gasteiger partial charge in [-0.15, -0.1) is 0 Å². The fraction of sp³-hybridized carbons (Fsp3) is 0.364. The van der Waals surface area contributed by atoms with E-state index in [1.807, 2.05) is 13.8 Å². The summed E-state index contributed by atoms with van der Waals surface area (Å²) in [5.74, 6) is -0.886. The molecule has 152 valence electrons. The number of ether oxygens (including phenoxy) is 1. The van der Waals surface area contributed by atoms with Crippen molar-refractivity contribution in [3.05, 3.63) is 65.2 Å². The molecular formula is C22H23F2N3O2. The molecule has 2 aromatic rings. The minimum Gasteiger partial charge on any atom is -0.484 e. The molecule has 0 radical (unpaired) electrons. The fourth-order valence-electron chi connectivity index (χ4n) is 3.49. The zero-order chi connectivity index (χ0) is 21.0. The molecule has 1 heterocycles. The molecule has 5 nitrogen and oxygen atoms in total. The molecule has 1 fully saturated rings. The molecule has 0 aromatic heterocycles. The lowest BCUT2D eigenvalue weighted by Gasteiger charge is -2.44. The highest BCUT2D eigenvalue weighted by Gasteiger charge is 2.32. The van der Waals surface area contributed by atoms with E-state index in [0.29, 0.717) is 19.6 Å². The van der Waals surface area contributed by atoms with E-state index in [0.717, 1.165) is 11.6 Å². The maximum absolute atomic E-state index is 13.7. The Kier molecular flexibility index (Phi) is 6.45. The average molecular weight is 399 g/mol. The lowest BCUT2D eigenvalue weighted by atomic mass is 10.1. The van der Waals surface area contributed by atoms with Crippen LogP contribution in [0.15, 0.2) is 42.5 Å². The summed E-state index contributed by atoms with van der Waals surface area (Å²) in [4.78, 5) is 16.7. The lowest BCUT2D eigenvalue weighted by Crippen LogP contribution is -2.58. The number of benzene rings is 2. The third-order valence-electron chi connectivity index (χ3n) is 5.16. The number of carbonyl (C=O) groups excluding carboxylic acids is 1. The molecule has 2 aromatic carbocycles. The van der Waals surface area contributed by atoms with Gasteiger partial charge in [0.2, 0.25) is 0 Å². The van der Waals surface area contributed by atoms with E-state index in [1.54, 1.807) is 23.1 Å². The zero-order valence-corrected chi connectivity index (χ0v) is 16.4. The molecule has 0 saturated carbocycles. The van der Waals surface area contributed by atoms with Crippen molar-refractivity contribution in [2.75, 3.05) is 19.7 Å². The van der Waals surface area contributed by atoms with Crippen molar-refractivity contribution in [2.24, 2.45) is 0 Å². The van der Waals surface area contributed by atoms with Crippen LogP contribution in [-0.2, 0) is 11.3 Å². The quantitative estimate of drug-likeness (QED) is 0.774. The van der Waals surface area contributed by atoms with Gasteiger partial charge >= 0.3 is 0 Å². The van der Waals surface area contributed by atoms with E-state index in [9.17, 15) is 13.6 Å². The first-order valence-electron chi connectivity index (χ1n) is 9.47. The van der Waals surface area contributed by atoms with Gasteiger partial charge in [-0.25, -0.2) is 8.78 Å². The maximum atomic E-state index is 13.7. The predicted molar refractivity (Wildman–Crippen MR) is 104 cm³/mol. The van der Waals surface area contributed by atoms with Gasteiger partial charge in [-0.3, -0.25) is 9.69 Å². The molecule has 0 N–H and O–H groups in total. The van der Waals surface area contributed by atoms with Crippen molar-refractivity contribution in [1.82, 2.24) is 9.80 Å². The van der Waals surface area contributed by atoms with Crippen LogP contribution < -0.4 is 4.74 Å². The second-order valence-corrected chi connectivity index (χ2v) is 7.34. The van der Waals surface area contributed by atoms with E-state index >= 15 is 0 Å². The van der Waals surface area contributed by atoms with Gasteiger partial charge in [0.25, 0.3) is 5.91 Å². The summed E-state index contributed by atoms with van der Waals surface area (Å²) in [6, 6.07) is 12.2. The molecule has 3 rings (SSSR count). The van der Waals surface area contributed by atoms with Crippen LogP contribution in [0.5, 0.6) is 5.75 Å². The molecule has 0 bridgehead atoms. The molecular weight excluding hydrogens is 376 g/mol. The minimum atomic E-state index is -0.672. The molecule has 1 amide bonds. The van der Waals surface area contributed by atoms with Crippen molar-refractivity contribution < 1.29 is 18.3 Å². The number of carbonyl (C=O) groups is 1. The van der Waals surface area contributed by atoms with E-state index in [-0.39, 0.29) is 41.7 Å². The van der Waals surface area contributed by atoms with Crippen molar-refractivity contribution in [2.45, 2.75) is 32.5 Å². The highest BCUT2D eigenvalue weighted by atomic mass is 19.1. The Bertz CT molecular complexity index is 911. The molecule has 1 aliphatic heterocycles. The standard InChI is InChI=1S/C22H23F2N3O2/c1-15-12-27(16(2)11-26(15)13-17-3-6-19(23)7-4-17)22(28)14-29-20-8-5-18(10-25)21(24)9-20/h3-9,15-16H,11-14H2,1-2H3/t15-,16+/m1/s1. The summed E-state index contributed by atoms with van der Waals surface area (Å²) in [6.07, 6.45) is 0. The highest BCUT2D eigenvalue weighted by Crippen LogP contribution is 2.20. The summed E-state index contributed by atoms with van der Waals surface area (Å²) in [5.41, 5.74) is 0.958. The number of nitrogens with zero attached hydrogens (tertiary/aromatic N) is 3. The third-order valence-corrected chi connectivity index (χ3v) is 5.16. The smallest absolute Gasteiger partial charge is 0.260 e. The van der Waals surface area contributed by atoms with E-state index in [1.165, 1.54) is 24.3 Å². The molecule has 29 heavy (non-hydrogen) atoms. The van der Waals surface area contributed by atoms with Gasteiger partial charge in [0.1, 0.15) is 23.5 Å². The number of amides is 1. The number of rotatable bonds is 5. The summed E-state index contributed by atoms with van der Waals surface area (Å²) < 4.78 is 32.2. The largest absolute Gasteiger partial charge is 0.484 e. The topological polar surface area (TPSA) is 56.6 Å². The second kappa shape index (κ2) is 9.01. The molecule has 1 aliphatic rings. The van der Waals surface area contributed by atoms with Crippen LogP contribution in [0.3, 0.4) is 0 Å². The monoisotopic (exact) mass is 399 g/mol. The van der Waals surface area contributed by atoms with E-state index in [2.05, 4.69) is 4.90 Å². The first-order chi connectivity index (χ1) is 13.9. The highest BCUT2D eigenvalue weighted by molar-refractivity contribution is 5.78. The molecule has 0 unspecified atom stereocenters. The van der Waals surface area contributed by atoms with Crippen LogP contribution in [-0.4, -0.2) is 47.5 Å². The number of halogens is 2. The molecule has 0 spiro atoms. The van der Waals surface area contributed by atoms with Gasteiger partial charge in [-0.1, -0.05) is 12.1 Å². The van der Waals surface area contributed by atoms with Crippen LogP contribution in [0.2, 0.25) is 0 Å². The zero-order valence-electron chi connectivity index (χ0n) is 16.4. The summed E-state index contributed by atoms with van der Waals surface area (Å²) in [7, 11) is 0. The fourth-order valence-corrected chi connectivity index (χ4v) is 3.49. The van der Waals surface area contributed by atoms with Crippen LogP contribution >= 0.6 is 0 Å². The molecule has 0 aliphatic carbocycles. The molecule has 1 saturated heterocycles. The van der Waals surface area contributed by atoms with Gasteiger partial charge in [-0.2, -0.15) is 5.26 Å². The Morgan fingerprint density at radius 3 is 2.52 bits per heavy atom.